The van der Waals surface area contributed by atoms with E-state index in [1.807, 2.05) is 55.5 Å². The summed E-state index contributed by atoms with van der Waals surface area (Å²) in [4.78, 5) is 9.09. The minimum absolute atomic E-state index is 0.560. The molecule has 0 aliphatic rings. The van der Waals surface area contributed by atoms with E-state index in [-0.39, 0.29) is 0 Å². The van der Waals surface area contributed by atoms with E-state index in [0.29, 0.717) is 24.0 Å². The smallest absolute Gasteiger partial charge is 0.225 e. The van der Waals surface area contributed by atoms with Crippen molar-refractivity contribution < 1.29 is 4.74 Å². The molecule has 0 bridgehead atoms. The van der Waals surface area contributed by atoms with Crippen molar-refractivity contribution in [3.63, 3.8) is 0 Å². The van der Waals surface area contributed by atoms with Gasteiger partial charge < -0.3 is 10.5 Å². The topological polar surface area (TPSA) is 61.0 Å². The number of nitrogen functional groups attached to an aromatic ring is 1. The Morgan fingerprint density at radius 1 is 1.00 bits per heavy atom. The quantitative estimate of drug-likeness (QED) is 0.738. The zero-order valence-electron chi connectivity index (χ0n) is 11.2. The largest absolute Gasteiger partial charge is 0.477 e. The molecule has 20 heavy (non-hydrogen) atoms. The number of nitrogens with two attached hydrogens (primary N) is 1. The highest BCUT2D eigenvalue weighted by atomic mass is 16.5. The Labute approximate surface area is 117 Å². The second-order valence-electron chi connectivity index (χ2n) is 4.39. The fourth-order valence-electron chi connectivity index (χ4n) is 2.12. The van der Waals surface area contributed by atoms with Crippen LogP contribution >= 0.6 is 0 Å². The third-order valence-corrected chi connectivity index (χ3v) is 3.05. The standard InChI is InChI=1S/C16H15N3O/c1-2-20-16-12-8-4-6-10-14(12)18-15(19-16)11-7-3-5-9-13(11)17/h3-10H,2,17H2,1H3. The first-order valence-corrected chi connectivity index (χ1v) is 6.54. The molecule has 0 saturated carbocycles. The number of ether oxygens (including phenoxy) is 1. The minimum atomic E-state index is 0.560. The van der Waals surface area contributed by atoms with Crippen LogP contribution in [0, 0.1) is 0 Å². The van der Waals surface area contributed by atoms with Crippen molar-refractivity contribution in [1.29, 1.82) is 0 Å². The van der Waals surface area contributed by atoms with E-state index < -0.39 is 0 Å². The van der Waals surface area contributed by atoms with Gasteiger partial charge in [0.1, 0.15) is 0 Å². The number of nitrogens with zero attached hydrogens (tertiary/aromatic N) is 2. The highest BCUT2D eigenvalue weighted by molar-refractivity contribution is 5.86. The van der Waals surface area contributed by atoms with Crippen LogP contribution in [0.15, 0.2) is 48.5 Å². The fourth-order valence-corrected chi connectivity index (χ4v) is 2.12. The molecule has 0 aliphatic heterocycles. The van der Waals surface area contributed by atoms with Crippen molar-refractivity contribution in [2.45, 2.75) is 6.92 Å². The number of para-hydroxylation sites is 2. The normalized spacial score (nSPS) is 10.7. The third-order valence-electron chi connectivity index (χ3n) is 3.05. The Balaban J connectivity index is 2.25. The first-order chi connectivity index (χ1) is 9.79. The zero-order chi connectivity index (χ0) is 13.9. The Hall–Kier alpha value is -2.62. The Bertz CT molecular complexity index is 756. The van der Waals surface area contributed by atoms with Crippen LogP contribution < -0.4 is 10.5 Å². The molecule has 0 radical (unpaired) electrons. The summed E-state index contributed by atoms with van der Waals surface area (Å²) in [6, 6.07) is 15.4. The van der Waals surface area contributed by atoms with Crippen molar-refractivity contribution >= 4 is 16.6 Å². The van der Waals surface area contributed by atoms with Gasteiger partial charge in [0, 0.05) is 11.3 Å². The lowest BCUT2D eigenvalue weighted by Crippen LogP contribution is -2.00. The van der Waals surface area contributed by atoms with Crippen molar-refractivity contribution in [2.24, 2.45) is 0 Å². The number of anilines is 1. The van der Waals surface area contributed by atoms with E-state index >= 15 is 0 Å². The van der Waals surface area contributed by atoms with Gasteiger partial charge in [-0.25, -0.2) is 4.98 Å². The maximum Gasteiger partial charge on any atom is 0.225 e. The van der Waals surface area contributed by atoms with Crippen LogP contribution in [0.5, 0.6) is 5.88 Å². The molecule has 0 saturated heterocycles. The Morgan fingerprint density at radius 3 is 2.55 bits per heavy atom. The number of aromatic nitrogens is 2. The summed E-state index contributed by atoms with van der Waals surface area (Å²) in [6.45, 7) is 2.50. The number of fused-ring (bicyclic) bond motifs is 1. The van der Waals surface area contributed by atoms with E-state index in [1.165, 1.54) is 0 Å². The molecule has 100 valence electrons. The number of benzene rings is 2. The van der Waals surface area contributed by atoms with Crippen LogP contribution in [0.25, 0.3) is 22.3 Å². The van der Waals surface area contributed by atoms with Crippen molar-refractivity contribution in [3.05, 3.63) is 48.5 Å². The lowest BCUT2D eigenvalue weighted by molar-refractivity contribution is 0.331. The van der Waals surface area contributed by atoms with Gasteiger partial charge in [-0.1, -0.05) is 24.3 Å². The van der Waals surface area contributed by atoms with E-state index in [2.05, 4.69) is 9.97 Å². The molecule has 0 spiro atoms. The van der Waals surface area contributed by atoms with E-state index in [0.717, 1.165) is 16.5 Å². The number of hydrogen-bond donors (Lipinski definition) is 1. The molecule has 3 aromatic rings. The highest BCUT2D eigenvalue weighted by Gasteiger charge is 2.11. The predicted molar refractivity (Wildman–Crippen MR) is 80.6 cm³/mol. The van der Waals surface area contributed by atoms with Gasteiger partial charge in [-0.3, -0.25) is 0 Å². The molecule has 0 amide bonds. The van der Waals surface area contributed by atoms with Crippen LogP contribution in [0.3, 0.4) is 0 Å². The minimum Gasteiger partial charge on any atom is -0.477 e. The Morgan fingerprint density at radius 2 is 1.75 bits per heavy atom. The molecular weight excluding hydrogens is 250 g/mol. The lowest BCUT2D eigenvalue weighted by atomic mass is 10.1. The number of hydrogen-bond acceptors (Lipinski definition) is 4. The average Bonchev–Trinajstić information content (AvgIpc) is 2.48. The van der Waals surface area contributed by atoms with Crippen LogP contribution in [-0.4, -0.2) is 16.6 Å². The van der Waals surface area contributed by atoms with Crippen molar-refractivity contribution in [1.82, 2.24) is 9.97 Å². The molecule has 4 nitrogen and oxygen atoms in total. The molecule has 0 aliphatic carbocycles. The molecule has 2 aromatic carbocycles. The van der Waals surface area contributed by atoms with Crippen molar-refractivity contribution in [2.75, 3.05) is 12.3 Å². The summed E-state index contributed by atoms with van der Waals surface area (Å²) >= 11 is 0. The first-order valence-electron chi connectivity index (χ1n) is 6.54. The molecule has 3 rings (SSSR count). The maximum absolute atomic E-state index is 6.00. The van der Waals surface area contributed by atoms with Gasteiger partial charge >= 0.3 is 0 Å². The van der Waals surface area contributed by atoms with Crippen LogP contribution in [-0.2, 0) is 0 Å². The average molecular weight is 265 g/mol. The molecule has 1 heterocycles. The molecule has 1 aromatic heterocycles. The highest BCUT2D eigenvalue weighted by Crippen LogP contribution is 2.28. The molecule has 0 atom stereocenters. The lowest BCUT2D eigenvalue weighted by Gasteiger charge is -2.10. The summed E-state index contributed by atoms with van der Waals surface area (Å²) in [5.41, 5.74) is 8.33. The van der Waals surface area contributed by atoms with Gasteiger partial charge in [-0.2, -0.15) is 4.98 Å². The van der Waals surface area contributed by atoms with Crippen LogP contribution in [0.4, 0.5) is 5.69 Å². The van der Waals surface area contributed by atoms with Gasteiger partial charge in [0.15, 0.2) is 5.82 Å². The van der Waals surface area contributed by atoms with Crippen LogP contribution in [0.2, 0.25) is 0 Å². The predicted octanol–water partition coefficient (Wildman–Crippen LogP) is 3.28. The summed E-state index contributed by atoms with van der Waals surface area (Å²) in [6.07, 6.45) is 0. The summed E-state index contributed by atoms with van der Waals surface area (Å²) in [7, 11) is 0. The number of rotatable bonds is 3. The molecule has 0 unspecified atom stereocenters. The summed E-state index contributed by atoms with van der Waals surface area (Å²) in [5.74, 6) is 1.18. The Kier molecular flexibility index (Phi) is 3.21. The van der Waals surface area contributed by atoms with Gasteiger partial charge in [-0.15, -0.1) is 0 Å². The molecule has 2 N–H and O–H groups in total. The monoisotopic (exact) mass is 265 g/mol. The van der Waals surface area contributed by atoms with Gasteiger partial charge in [-0.05, 0) is 31.2 Å². The van der Waals surface area contributed by atoms with E-state index in [9.17, 15) is 0 Å². The molecule has 0 fully saturated rings. The second kappa shape index (κ2) is 5.17. The third kappa shape index (κ3) is 2.16. The van der Waals surface area contributed by atoms with Crippen molar-refractivity contribution in [3.8, 4) is 17.3 Å². The second-order valence-corrected chi connectivity index (χ2v) is 4.39. The summed E-state index contributed by atoms with van der Waals surface area (Å²) < 4.78 is 5.63. The summed E-state index contributed by atoms with van der Waals surface area (Å²) in [5, 5.41) is 0.910. The van der Waals surface area contributed by atoms with Crippen LogP contribution in [0.1, 0.15) is 6.92 Å². The SMILES string of the molecule is CCOc1nc(-c2ccccc2N)nc2ccccc12. The molecule has 4 heteroatoms. The van der Waals surface area contributed by atoms with E-state index in [4.69, 9.17) is 10.5 Å². The molecular formula is C16H15N3O. The van der Waals surface area contributed by atoms with Gasteiger partial charge in [0.2, 0.25) is 5.88 Å². The van der Waals surface area contributed by atoms with Gasteiger partial charge in [0.25, 0.3) is 0 Å². The van der Waals surface area contributed by atoms with E-state index in [1.54, 1.807) is 0 Å². The first kappa shape index (κ1) is 12.4. The fraction of sp³-hybridized carbons (Fsp3) is 0.125. The van der Waals surface area contributed by atoms with Gasteiger partial charge in [0.05, 0.1) is 17.5 Å². The maximum atomic E-state index is 6.00. The zero-order valence-corrected chi connectivity index (χ0v) is 11.2.